The summed E-state index contributed by atoms with van der Waals surface area (Å²) in [6.07, 6.45) is 0.708. The first-order valence-electron chi connectivity index (χ1n) is 9.58. The maximum absolute atomic E-state index is 13.8. The number of fused-ring (bicyclic) bond motifs is 1. The van der Waals surface area contributed by atoms with Crippen molar-refractivity contribution in [1.29, 1.82) is 0 Å². The number of carbonyl (C=O) groups is 1. The highest BCUT2D eigenvalue weighted by atomic mass is 19.2. The SMILES string of the molecule is CCCN(CC(=O)Nc1ccc(F)c(F)c1F)Cc1cc(=O)oc2cc(OC)ccc12. The maximum atomic E-state index is 13.8. The van der Waals surface area contributed by atoms with Crippen molar-refractivity contribution in [3.63, 3.8) is 0 Å². The fourth-order valence-electron chi connectivity index (χ4n) is 3.25. The number of hydrogen-bond acceptors (Lipinski definition) is 5. The average Bonchev–Trinajstić information content (AvgIpc) is 2.73. The molecule has 0 aliphatic carbocycles. The summed E-state index contributed by atoms with van der Waals surface area (Å²) in [5, 5.41) is 2.95. The molecule has 0 saturated carbocycles. The van der Waals surface area contributed by atoms with Gasteiger partial charge in [-0.05, 0) is 42.8 Å². The van der Waals surface area contributed by atoms with E-state index in [1.54, 1.807) is 23.1 Å². The van der Waals surface area contributed by atoms with Gasteiger partial charge in [0.2, 0.25) is 5.91 Å². The van der Waals surface area contributed by atoms with Gasteiger partial charge in [0.1, 0.15) is 11.3 Å². The van der Waals surface area contributed by atoms with Crippen molar-refractivity contribution in [2.45, 2.75) is 19.9 Å². The van der Waals surface area contributed by atoms with Gasteiger partial charge >= 0.3 is 5.63 Å². The first kappa shape index (κ1) is 22.4. The minimum absolute atomic E-state index is 0.149. The highest BCUT2D eigenvalue weighted by molar-refractivity contribution is 5.92. The number of rotatable bonds is 8. The molecule has 9 heteroatoms. The molecule has 0 fully saturated rings. The first-order valence-corrected chi connectivity index (χ1v) is 9.58. The number of carbonyl (C=O) groups excluding carboxylic acids is 1. The molecule has 1 aromatic heterocycles. The number of methoxy groups -OCH3 is 1. The zero-order chi connectivity index (χ0) is 22.5. The lowest BCUT2D eigenvalue weighted by atomic mass is 10.1. The summed E-state index contributed by atoms with van der Waals surface area (Å²) < 4.78 is 50.7. The molecule has 0 radical (unpaired) electrons. The molecule has 164 valence electrons. The van der Waals surface area contributed by atoms with E-state index in [9.17, 15) is 22.8 Å². The van der Waals surface area contributed by atoms with E-state index in [0.29, 0.717) is 35.2 Å². The van der Waals surface area contributed by atoms with E-state index >= 15 is 0 Å². The van der Waals surface area contributed by atoms with E-state index in [4.69, 9.17) is 9.15 Å². The average molecular weight is 434 g/mol. The Labute approximate surface area is 176 Å². The molecule has 0 bridgehead atoms. The number of amides is 1. The van der Waals surface area contributed by atoms with Crippen LogP contribution in [-0.2, 0) is 11.3 Å². The lowest BCUT2D eigenvalue weighted by Crippen LogP contribution is -2.34. The van der Waals surface area contributed by atoms with Gasteiger partial charge in [0.15, 0.2) is 17.5 Å². The minimum Gasteiger partial charge on any atom is -0.497 e. The molecule has 3 rings (SSSR count). The van der Waals surface area contributed by atoms with E-state index in [1.165, 1.54) is 13.2 Å². The van der Waals surface area contributed by atoms with Gasteiger partial charge in [0.05, 0.1) is 19.3 Å². The summed E-state index contributed by atoms with van der Waals surface area (Å²) in [4.78, 5) is 26.2. The number of nitrogens with zero attached hydrogens (tertiary/aromatic N) is 1. The zero-order valence-corrected chi connectivity index (χ0v) is 17.0. The molecule has 0 aliphatic rings. The Morgan fingerprint density at radius 1 is 1.13 bits per heavy atom. The molecular weight excluding hydrogens is 413 g/mol. The molecule has 1 heterocycles. The Kier molecular flexibility index (Phi) is 6.96. The van der Waals surface area contributed by atoms with Crippen LogP contribution >= 0.6 is 0 Å². The van der Waals surface area contributed by atoms with Crippen LogP contribution in [-0.4, -0.2) is 31.0 Å². The van der Waals surface area contributed by atoms with E-state index in [2.05, 4.69) is 5.32 Å². The molecule has 0 unspecified atom stereocenters. The lowest BCUT2D eigenvalue weighted by molar-refractivity contribution is -0.117. The topological polar surface area (TPSA) is 71.8 Å². The van der Waals surface area contributed by atoms with Crippen LogP contribution in [0.1, 0.15) is 18.9 Å². The second kappa shape index (κ2) is 9.65. The molecule has 2 aromatic carbocycles. The van der Waals surface area contributed by atoms with E-state index in [-0.39, 0.29) is 13.1 Å². The molecule has 1 N–H and O–H groups in total. The van der Waals surface area contributed by atoms with E-state index in [1.807, 2.05) is 6.92 Å². The number of nitrogens with one attached hydrogen (secondary N) is 1. The first-order chi connectivity index (χ1) is 14.8. The van der Waals surface area contributed by atoms with Crippen LogP contribution in [0.4, 0.5) is 18.9 Å². The fourth-order valence-corrected chi connectivity index (χ4v) is 3.25. The molecule has 0 spiro atoms. The summed E-state index contributed by atoms with van der Waals surface area (Å²) in [7, 11) is 1.50. The summed E-state index contributed by atoms with van der Waals surface area (Å²) in [5.41, 5.74) is 0.0135. The number of ether oxygens (including phenoxy) is 1. The summed E-state index contributed by atoms with van der Waals surface area (Å²) >= 11 is 0. The van der Waals surface area contributed by atoms with Crippen LogP contribution in [0.5, 0.6) is 5.75 Å². The highest BCUT2D eigenvalue weighted by Crippen LogP contribution is 2.24. The predicted octanol–water partition coefficient (Wildman–Crippen LogP) is 4.07. The van der Waals surface area contributed by atoms with Gasteiger partial charge in [-0.2, -0.15) is 0 Å². The van der Waals surface area contributed by atoms with Crippen molar-refractivity contribution < 1.29 is 27.1 Å². The van der Waals surface area contributed by atoms with Crippen molar-refractivity contribution >= 4 is 22.6 Å². The fraction of sp³-hybridized carbons (Fsp3) is 0.273. The third-order valence-electron chi connectivity index (χ3n) is 4.65. The number of hydrogen-bond donors (Lipinski definition) is 1. The third-order valence-corrected chi connectivity index (χ3v) is 4.65. The van der Waals surface area contributed by atoms with Crippen LogP contribution in [0.15, 0.2) is 45.6 Å². The standard InChI is InChI=1S/C22H21F3N2O4/c1-3-8-27(12-19(28)26-17-7-6-16(23)21(24)22(17)25)11-13-9-20(29)31-18-10-14(30-2)4-5-15(13)18/h4-7,9-10H,3,8,11-12H2,1-2H3,(H,26,28). The van der Waals surface area contributed by atoms with Gasteiger partial charge in [-0.25, -0.2) is 18.0 Å². The van der Waals surface area contributed by atoms with Gasteiger partial charge in [-0.3, -0.25) is 9.69 Å². The number of benzene rings is 2. The molecule has 1 amide bonds. The molecule has 0 aliphatic heterocycles. The molecule has 6 nitrogen and oxygen atoms in total. The van der Waals surface area contributed by atoms with Crippen molar-refractivity contribution in [2.75, 3.05) is 25.5 Å². The third kappa shape index (κ3) is 5.24. The molecule has 3 aromatic rings. The molecule has 31 heavy (non-hydrogen) atoms. The van der Waals surface area contributed by atoms with Crippen LogP contribution in [0.3, 0.4) is 0 Å². The van der Waals surface area contributed by atoms with Gasteiger partial charge < -0.3 is 14.5 Å². The second-order valence-corrected chi connectivity index (χ2v) is 6.93. The normalized spacial score (nSPS) is 11.2. The summed E-state index contributed by atoms with van der Waals surface area (Å²) in [6, 6.07) is 8.13. The van der Waals surface area contributed by atoms with Gasteiger partial charge in [0.25, 0.3) is 0 Å². The van der Waals surface area contributed by atoms with Crippen LogP contribution in [0.2, 0.25) is 0 Å². The Balaban J connectivity index is 1.81. The maximum Gasteiger partial charge on any atom is 0.336 e. The Morgan fingerprint density at radius 3 is 2.61 bits per heavy atom. The Bertz CT molecular complexity index is 1160. The Morgan fingerprint density at radius 2 is 1.90 bits per heavy atom. The summed E-state index contributed by atoms with van der Waals surface area (Å²) in [5.74, 6) is -4.52. The smallest absolute Gasteiger partial charge is 0.336 e. The second-order valence-electron chi connectivity index (χ2n) is 6.93. The van der Waals surface area contributed by atoms with E-state index < -0.39 is 34.7 Å². The van der Waals surface area contributed by atoms with E-state index in [0.717, 1.165) is 12.1 Å². The van der Waals surface area contributed by atoms with Gasteiger partial charge in [0, 0.05) is 24.1 Å². The number of anilines is 1. The van der Waals surface area contributed by atoms with Crippen molar-refractivity contribution in [1.82, 2.24) is 4.90 Å². The highest BCUT2D eigenvalue weighted by Gasteiger charge is 2.18. The van der Waals surface area contributed by atoms with Crippen molar-refractivity contribution in [3.05, 3.63) is 69.8 Å². The number of halogens is 3. The molecule has 0 atom stereocenters. The minimum atomic E-state index is -1.65. The monoisotopic (exact) mass is 434 g/mol. The summed E-state index contributed by atoms with van der Waals surface area (Å²) in [6.45, 7) is 2.52. The van der Waals surface area contributed by atoms with Crippen LogP contribution in [0.25, 0.3) is 11.0 Å². The lowest BCUT2D eigenvalue weighted by Gasteiger charge is -2.22. The molecule has 0 saturated heterocycles. The quantitative estimate of drug-likeness (QED) is 0.428. The Hall–Kier alpha value is -3.33. The predicted molar refractivity (Wildman–Crippen MR) is 110 cm³/mol. The molecular formula is C22H21F3N2O4. The van der Waals surface area contributed by atoms with Gasteiger partial charge in [-0.1, -0.05) is 6.92 Å². The van der Waals surface area contributed by atoms with Gasteiger partial charge in [-0.15, -0.1) is 0 Å². The van der Waals surface area contributed by atoms with Crippen molar-refractivity contribution in [3.8, 4) is 5.75 Å². The van der Waals surface area contributed by atoms with Crippen LogP contribution < -0.4 is 15.7 Å². The van der Waals surface area contributed by atoms with Crippen LogP contribution in [0, 0.1) is 17.5 Å². The zero-order valence-electron chi connectivity index (χ0n) is 17.0. The van der Waals surface area contributed by atoms with Crippen molar-refractivity contribution in [2.24, 2.45) is 0 Å². The largest absolute Gasteiger partial charge is 0.497 e.